The summed E-state index contributed by atoms with van der Waals surface area (Å²) in [5.74, 6) is -0.244. The molecule has 1 N–H and O–H groups in total. The molecule has 106 valence electrons. The van der Waals surface area contributed by atoms with E-state index in [2.05, 4.69) is 15.2 Å². The highest BCUT2D eigenvalue weighted by molar-refractivity contribution is 7.99. The number of aromatic nitrogens is 4. The molecule has 7 heteroatoms. The predicted octanol–water partition coefficient (Wildman–Crippen LogP) is 2.41. The van der Waals surface area contributed by atoms with Crippen LogP contribution in [0.2, 0.25) is 0 Å². The largest absolute Gasteiger partial charge is 0.481 e. The Hall–Kier alpha value is -1.89. The number of hydrogen-bond acceptors (Lipinski definition) is 5. The van der Waals surface area contributed by atoms with Crippen molar-refractivity contribution in [3.63, 3.8) is 0 Å². The van der Waals surface area contributed by atoms with Crippen LogP contribution in [0.4, 0.5) is 0 Å². The zero-order valence-electron chi connectivity index (χ0n) is 11.6. The van der Waals surface area contributed by atoms with E-state index >= 15 is 0 Å². The Kier molecular flexibility index (Phi) is 4.39. The summed E-state index contributed by atoms with van der Waals surface area (Å²) in [4.78, 5) is 15.1. The Bertz CT molecular complexity index is 625. The Morgan fingerprint density at radius 2 is 2.15 bits per heavy atom. The standard InChI is InChI=1S/C13H16N4O2S/c1-8(2)17-12(10-6-4-5-9(3)14-10)15-16-13(17)20-7-11(18)19/h4-6,8H,7H2,1-3H3,(H,18,19). The van der Waals surface area contributed by atoms with Crippen LogP contribution in [0.5, 0.6) is 0 Å². The van der Waals surface area contributed by atoms with Gasteiger partial charge < -0.3 is 5.11 Å². The molecule has 0 radical (unpaired) electrons. The Morgan fingerprint density at radius 1 is 1.40 bits per heavy atom. The van der Waals surface area contributed by atoms with E-state index in [1.54, 1.807) is 0 Å². The van der Waals surface area contributed by atoms with Crippen molar-refractivity contribution >= 4 is 17.7 Å². The molecule has 0 unspecified atom stereocenters. The number of aliphatic carboxylic acids is 1. The van der Waals surface area contributed by atoms with Gasteiger partial charge in [-0.15, -0.1) is 10.2 Å². The van der Waals surface area contributed by atoms with Gasteiger partial charge in [-0.3, -0.25) is 9.36 Å². The van der Waals surface area contributed by atoms with Gasteiger partial charge in [0.05, 0.1) is 5.75 Å². The molecule has 6 nitrogen and oxygen atoms in total. The van der Waals surface area contributed by atoms with E-state index in [1.807, 2.05) is 43.5 Å². The van der Waals surface area contributed by atoms with Gasteiger partial charge in [0.25, 0.3) is 0 Å². The SMILES string of the molecule is Cc1cccc(-c2nnc(SCC(=O)O)n2C(C)C)n1. The van der Waals surface area contributed by atoms with Crippen LogP contribution in [0.3, 0.4) is 0 Å². The third-order valence-electron chi connectivity index (χ3n) is 2.62. The van der Waals surface area contributed by atoms with Crippen molar-refractivity contribution in [1.29, 1.82) is 0 Å². The van der Waals surface area contributed by atoms with Gasteiger partial charge in [-0.05, 0) is 32.9 Å². The first kappa shape index (κ1) is 14.5. The van der Waals surface area contributed by atoms with Crippen molar-refractivity contribution in [2.45, 2.75) is 32.0 Å². The van der Waals surface area contributed by atoms with E-state index in [0.29, 0.717) is 11.0 Å². The first-order valence-electron chi connectivity index (χ1n) is 6.22. The molecule has 0 aromatic carbocycles. The smallest absolute Gasteiger partial charge is 0.313 e. The number of carbonyl (C=O) groups is 1. The molecule has 0 amide bonds. The minimum atomic E-state index is -0.872. The van der Waals surface area contributed by atoms with Crippen LogP contribution in [-0.2, 0) is 4.79 Å². The van der Waals surface area contributed by atoms with Crippen LogP contribution < -0.4 is 0 Å². The van der Waals surface area contributed by atoms with Crippen LogP contribution in [0.25, 0.3) is 11.5 Å². The average molecular weight is 292 g/mol. The lowest BCUT2D eigenvalue weighted by atomic mass is 10.3. The lowest BCUT2D eigenvalue weighted by Crippen LogP contribution is -2.07. The lowest BCUT2D eigenvalue weighted by Gasteiger charge is -2.13. The van der Waals surface area contributed by atoms with Gasteiger partial charge >= 0.3 is 5.97 Å². The summed E-state index contributed by atoms with van der Waals surface area (Å²) in [5.41, 5.74) is 1.65. The maximum Gasteiger partial charge on any atom is 0.313 e. The van der Waals surface area contributed by atoms with Crippen LogP contribution in [0.15, 0.2) is 23.4 Å². The molecular formula is C13H16N4O2S. The van der Waals surface area contributed by atoms with Crippen molar-refractivity contribution in [3.8, 4) is 11.5 Å². The highest BCUT2D eigenvalue weighted by atomic mass is 32.2. The molecule has 0 atom stereocenters. The highest BCUT2D eigenvalue weighted by Crippen LogP contribution is 2.26. The maximum atomic E-state index is 10.7. The van der Waals surface area contributed by atoms with Gasteiger partial charge in [0.2, 0.25) is 0 Å². The van der Waals surface area contributed by atoms with Gasteiger partial charge in [-0.25, -0.2) is 4.98 Å². The fraction of sp³-hybridized carbons (Fsp3) is 0.385. The molecule has 2 aromatic heterocycles. The first-order valence-corrected chi connectivity index (χ1v) is 7.21. The number of carboxylic acid groups (broad SMARTS) is 1. The minimum absolute atomic E-state index is 0.0356. The van der Waals surface area contributed by atoms with Crippen molar-refractivity contribution in [2.24, 2.45) is 0 Å². The average Bonchev–Trinajstić information content (AvgIpc) is 2.80. The van der Waals surface area contributed by atoms with Gasteiger partial charge in [-0.1, -0.05) is 17.8 Å². The van der Waals surface area contributed by atoms with E-state index in [1.165, 1.54) is 11.8 Å². The third-order valence-corrected chi connectivity index (χ3v) is 3.55. The van der Waals surface area contributed by atoms with E-state index in [9.17, 15) is 4.79 Å². The van der Waals surface area contributed by atoms with Crippen molar-refractivity contribution in [3.05, 3.63) is 23.9 Å². The van der Waals surface area contributed by atoms with Crippen LogP contribution >= 0.6 is 11.8 Å². The van der Waals surface area contributed by atoms with Crippen LogP contribution in [0, 0.1) is 6.92 Å². The van der Waals surface area contributed by atoms with E-state index in [4.69, 9.17) is 5.11 Å². The van der Waals surface area contributed by atoms with E-state index < -0.39 is 5.97 Å². The molecular weight excluding hydrogens is 276 g/mol. The first-order chi connectivity index (χ1) is 9.49. The zero-order chi connectivity index (χ0) is 14.7. The fourth-order valence-corrected chi connectivity index (χ4v) is 2.60. The van der Waals surface area contributed by atoms with Gasteiger partial charge in [0.1, 0.15) is 5.69 Å². The number of aryl methyl sites for hydroxylation is 1. The number of rotatable bonds is 5. The van der Waals surface area contributed by atoms with Crippen molar-refractivity contribution < 1.29 is 9.90 Å². The third kappa shape index (κ3) is 3.16. The number of nitrogens with zero attached hydrogens (tertiary/aromatic N) is 4. The van der Waals surface area contributed by atoms with Crippen molar-refractivity contribution in [1.82, 2.24) is 19.7 Å². The fourth-order valence-electron chi connectivity index (χ4n) is 1.81. The summed E-state index contributed by atoms with van der Waals surface area (Å²) in [6.07, 6.45) is 0. The Labute approximate surface area is 121 Å². The normalized spacial score (nSPS) is 11.0. The van der Waals surface area contributed by atoms with Gasteiger partial charge in [0.15, 0.2) is 11.0 Å². The molecule has 0 bridgehead atoms. The molecule has 0 fully saturated rings. The Balaban J connectivity index is 2.41. The molecule has 0 saturated carbocycles. The summed E-state index contributed by atoms with van der Waals surface area (Å²) in [5, 5.41) is 17.6. The molecule has 0 aliphatic rings. The lowest BCUT2D eigenvalue weighted by molar-refractivity contribution is -0.133. The summed E-state index contributed by atoms with van der Waals surface area (Å²) in [6, 6.07) is 5.83. The Morgan fingerprint density at radius 3 is 2.75 bits per heavy atom. The summed E-state index contributed by atoms with van der Waals surface area (Å²) < 4.78 is 1.91. The second-order valence-corrected chi connectivity index (χ2v) is 5.56. The molecule has 2 rings (SSSR count). The second kappa shape index (κ2) is 6.04. The van der Waals surface area contributed by atoms with Crippen molar-refractivity contribution in [2.75, 3.05) is 5.75 Å². The molecule has 2 aromatic rings. The number of thioether (sulfide) groups is 1. The molecule has 20 heavy (non-hydrogen) atoms. The minimum Gasteiger partial charge on any atom is -0.481 e. The predicted molar refractivity (Wildman–Crippen MR) is 76.7 cm³/mol. The summed E-state index contributed by atoms with van der Waals surface area (Å²) in [6.45, 7) is 5.93. The topological polar surface area (TPSA) is 80.9 Å². The molecule has 0 aliphatic carbocycles. The second-order valence-electron chi connectivity index (χ2n) is 4.62. The zero-order valence-corrected chi connectivity index (χ0v) is 12.4. The summed E-state index contributed by atoms with van der Waals surface area (Å²) in [7, 11) is 0. The number of pyridine rings is 1. The molecule has 0 spiro atoms. The highest BCUT2D eigenvalue weighted by Gasteiger charge is 2.18. The molecule has 2 heterocycles. The molecule has 0 saturated heterocycles. The summed E-state index contributed by atoms with van der Waals surface area (Å²) >= 11 is 1.17. The van der Waals surface area contributed by atoms with E-state index in [-0.39, 0.29) is 11.8 Å². The monoisotopic (exact) mass is 292 g/mol. The van der Waals surface area contributed by atoms with Gasteiger partial charge in [0, 0.05) is 11.7 Å². The van der Waals surface area contributed by atoms with E-state index in [0.717, 1.165) is 11.4 Å². The number of hydrogen-bond donors (Lipinski definition) is 1. The van der Waals surface area contributed by atoms with Crippen LogP contribution in [-0.4, -0.2) is 36.6 Å². The van der Waals surface area contributed by atoms with Crippen LogP contribution in [0.1, 0.15) is 25.6 Å². The maximum absolute atomic E-state index is 10.7. The molecule has 0 aliphatic heterocycles. The quantitative estimate of drug-likeness (QED) is 0.852. The number of carboxylic acids is 1. The van der Waals surface area contributed by atoms with Gasteiger partial charge in [-0.2, -0.15) is 0 Å².